The van der Waals surface area contributed by atoms with Crippen LogP contribution in [0.5, 0.6) is 0 Å². The minimum Gasteiger partial charge on any atom is -0.391 e. The Labute approximate surface area is 112 Å². The van der Waals surface area contributed by atoms with Crippen molar-refractivity contribution >= 4 is 21.6 Å². The van der Waals surface area contributed by atoms with Crippen molar-refractivity contribution in [3.8, 4) is 0 Å². The Balaban J connectivity index is 2.11. The molecule has 1 saturated carbocycles. The van der Waals surface area contributed by atoms with E-state index in [1.54, 1.807) is 0 Å². The SMILES string of the molecule is CCc1cc(Br)ccc1N[C@H]1CCCC[C@@H]1O. The van der Waals surface area contributed by atoms with Gasteiger partial charge in [0.1, 0.15) is 0 Å². The molecule has 2 rings (SSSR count). The van der Waals surface area contributed by atoms with Gasteiger partial charge in [0.15, 0.2) is 0 Å². The summed E-state index contributed by atoms with van der Waals surface area (Å²) in [6, 6.07) is 6.52. The highest BCUT2D eigenvalue weighted by atomic mass is 79.9. The normalized spacial score (nSPS) is 24.6. The van der Waals surface area contributed by atoms with Gasteiger partial charge in [0, 0.05) is 10.2 Å². The van der Waals surface area contributed by atoms with Crippen molar-refractivity contribution in [2.24, 2.45) is 0 Å². The van der Waals surface area contributed by atoms with Crippen LogP contribution in [-0.4, -0.2) is 17.3 Å². The Morgan fingerprint density at radius 2 is 2.12 bits per heavy atom. The van der Waals surface area contributed by atoms with Crippen molar-refractivity contribution in [1.82, 2.24) is 0 Å². The van der Waals surface area contributed by atoms with Crippen LogP contribution in [0, 0.1) is 0 Å². The molecule has 0 bridgehead atoms. The molecule has 2 N–H and O–H groups in total. The smallest absolute Gasteiger partial charge is 0.0741 e. The first-order valence-corrected chi connectivity index (χ1v) is 7.23. The highest BCUT2D eigenvalue weighted by Gasteiger charge is 2.23. The number of rotatable bonds is 3. The van der Waals surface area contributed by atoms with E-state index < -0.39 is 0 Å². The summed E-state index contributed by atoms with van der Waals surface area (Å²) in [6.45, 7) is 2.16. The molecule has 3 heteroatoms. The molecule has 1 aliphatic rings. The number of aliphatic hydroxyl groups excluding tert-OH is 1. The van der Waals surface area contributed by atoms with Gasteiger partial charge in [-0.15, -0.1) is 0 Å². The van der Waals surface area contributed by atoms with Crippen LogP contribution < -0.4 is 5.32 Å². The second kappa shape index (κ2) is 5.87. The second-order valence-corrected chi connectivity index (χ2v) is 5.67. The van der Waals surface area contributed by atoms with Gasteiger partial charge in [-0.2, -0.15) is 0 Å². The Kier molecular flexibility index (Phi) is 4.46. The van der Waals surface area contributed by atoms with Gasteiger partial charge in [0.2, 0.25) is 0 Å². The van der Waals surface area contributed by atoms with Gasteiger partial charge >= 0.3 is 0 Å². The number of anilines is 1. The lowest BCUT2D eigenvalue weighted by molar-refractivity contribution is 0.116. The first kappa shape index (κ1) is 12.9. The number of hydrogen-bond donors (Lipinski definition) is 2. The molecule has 2 atom stereocenters. The molecule has 0 saturated heterocycles. The van der Waals surface area contributed by atoms with Crippen molar-refractivity contribution in [3.05, 3.63) is 28.2 Å². The maximum Gasteiger partial charge on any atom is 0.0741 e. The van der Waals surface area contributed by atoms with Crippen LogP contribution in [-0.2, 0) is 6.42 Å². The second-order valence-electron chi connectivity index (χ2n) is 4.76. The van der Waals surface area contributed by atoms with Crippen molar-refractivity contribution in [2.45, 2.75) is 51.2 Å². The summed E-state index contributed by atoms with van der Waals surface area (Å²) in [5, 5.41) is 13.5. The van der Waals surface area contributed by atoms with Gasteiger partial charge < -0.3 is 10.4 Å². The number of benzene rings is 1. The molecule has 0 amide bonds. The standard InChI is InChI=1S/C14H20BrNO/c1-2-10-9-11(15)7-8-12(10)16-13-5-3-4-6-14(13)17/h7-9,13-14,16-17H,2-6H2,1H3/t13-,14-/m0/s1. The van der Waals surface area contributed by atoms with Crippen LogP contribution in [0.25, 0.3) is 0 Å². The maximum absolute atomic E-state index is 9.98. The molecule has 2 nitrogen and oxygen atoms in total. The van der Waals surface area contributed by atoms with Crippen molar-refractivity contribution in [3.63, 3.8) is 0 Å². The summed E-state index contributed by atoms with van der Waals surface area (Å²) in [4.78, 5) is 0. The quantitative estimate of drug-likeness (QED) is 0.891. The molecule has 0 radical (unpaired) electrons. The van der Waals surface area contributed by atoms with Gasteiger partial charge in [0.25, 0.3) is 0 Å². The number of aliphatic hydroxyl groups is 1. The molecule has 0 aromatic heterocycles. The third-order valence-electron chi connectivity index (χ3n) is 3.52. The van der Waals surface area contributed by atoms with E-state index in [1.165, 1.54) is 17.7 Å². The van der Waals surface area contributed by atoms with Gasteiger partial charge in [-0.05, 0) is 43.0 Å². The largest absolute Gasteiger partial charge is 0.391 e. The first-order valence-electron chi connectivity index (χ1n) is 6.43. The zero-order chi connectivity index (χ0) is 12.3. The fourth-order valence-electron chi connectivity index (χ4n) is 2.48. The molecular formula is C14H20BrNO. The predicted molar refractivity (Wildman–Crippen MR) is 75.4 cm³/mol. The molecule has 0 spiro atoms. The van der Waals surface area contributed by atoms with Crippen molar-refractivity contribution in [1.29, 1.82) is 0 Å². The lowest BCUT2D eigenvalue weighted by Gasteiger charge is -2.30. The van der Waals surface area contributed by atoms with E-state index in [4.69, 9.17) is 0 Å². The monoisotopic (exact) mass is 297 g/mol. The third-order valence-corrected chi connectivity index (χ3v) is 4.01. The summed E-state index contributed by atoms with van der Waals surface area (Å²) >= 11 is 3.50. The number of hydrogen-bond acceptors (Lipinski definition) is 2. The van der Waals surface area contributed by atoms with E-state index in [2.05, 4.69) is 46.4 Å². The highest BCUT2D eigenvalue weighted by Crippen LogP contribution is 2.26. The van der Waals surface area contributed by atoms with Gasteiger partial charge in [-0.1, -0.05) is 35.7 Å². The van der Waals surface area contributed by atoms with E-state index in [0.717, 1.165) is 30.2 Å². The van der Waals surface area contributed by atoms with Crippen molar-refractivity contribution in [2.75, 3.05) is 5.32 Å². The molecule has 1 aromatic rings. The fraction of sp³-hybridized carbons (Fsp3) is 0.571. The van der Waals surface area contributed by atoms with E-state index in [9.17, 15) is 5.11 Å². The lowest BCUT2D eigenvalue weighted by Crippen LogP contribution is -2.36. The third kappa shape index (κ3) is 3.23. The maximum atomic E-state index is 9.98. The zero-order valence-electron chi connectivity index (χ0n) is 10.2. The topological polar surface area (TPSA) is 32.3 Å². The summed E-state index contributed by atoms with van der Waals surface area (Å²) in [6.07, 6.45) is 5.17. The van der Waals surface area contributed by atoms with E-state index in [-0.39, 0.29) is 12.1 Å². The molecule has 17 heavy (non-hydrogen) atoms. The van der Waals surface area contributed by atoms with Crippen LogP contribution in [0.4, 0.5) is 5.69 Å². The first-order chi connectivity index (χ1) is 8.20. The van der Waals surface area contributed by atoms with Crippen LogP contribution in [0.2, 0.25) is 0 Å². The molecule has 1 fully saturated rings. The molecule has 0 aliphatic heterocycles. The van der Waals surface area contributed by atoms with Crippen LogP contribution in [0.3, 0.4) is 0 Å². The Hall–Kier alpha value is -0.540. The van der Waals surface area contributed by atoms with Crippen molar-refractivity contribution < 1.29 is 5.11 Å². The average Bonchev–Trinajstić information content (AvgIpc) is 2.34. The minimum absolute atomic E-state index is 0.197. The molecule has 94 valence electrons. The van der Waals surface area contributed by atoms with Crippen LogP contribution in [0.1, 0.15) is 38.2 Å². The average molecular weight is 298 g/mol. The van der Waals surface area contributed by atoms with E-state index in [1.807, 2.05) is 0 Å². The predicted octanol–water partition coefficient (Wildman–Crippen LogP) is 3.73. The lowest BCUT2D eigenvalue weighted by atomic mass is 9.92. The Bertz CT molecular complexity index is 380. The molecular weight excluding hydrogens is 278 g/mol. The van der Waals surface area contributed by atoms with Crippen LogP contribution in [0.15, 0.2) is 22.7 Å². The minimum atomic E-state index is -0.197. The molecule has 0 unspecified atom stereocenters. The zero-order valence-corrected chi connectivity index (χ0v) is 11.8. The fourth-order valence-corrected chi connectivity index (χ4v) is 2.88. The molecule has 0 heterocycles. The number of halogens is 1. The van der Waals surface area contributed by atoms with Crippen LogP contribution >= 0.6 is 15.9 Å². The Morgan fingerprint density at radius 1 is 1.35 bits per heavy atom. The van der Waals surface area contributed by atoms with Gasteiger partial charge in [0.05, 0.1) is 12.1 Å². The summed E-state index contributed by atoms with van der Waals surface area (Å²) in [5.74, 6) is 0. The molecule has 1 aromatic carbocycles. The molecule has 1 aliphatic carbocycles. The summed E-state index contributed by atoms with van der Waals surface area (Å²) in [7, 11) is 0. The van der Waals surface area contributed by atoms with E-state index >= 15 is 0 Å². The van der Waals surface area contributed by atoms with Gasteiger partial charge in [-0.25, -0.2) is 0 Å². The Morgan fingerprint density at radius 3 is 2.82 bits per heavy atom. The highest BCUT2D eigenvalue weighted by molar-refractivity contribution is 9.10. The number of aryl methyl sites for hydroxylation is 1. The van der Waals surface area contributed by atoms with Gasteiger partial charge in [-0.3, -0.25) is 0 Å². The number of nitrogens with one attached hydrogen (secondary N) is 1. The van der Waals surface area contributed by atoms with E-state index in [0.29, 0.717) is 0 Å². The summed E-state index contributed by atoms with van der Waals surface area (Å²) in [5.41, 5.74) is 2.47. The summed E-state index contributed by atoms with van der Waals surface area (Å²) < 4.78 is 1.11.